The molecule has 1 fully saturated rings. The van der Waals surface area contributed by atoms with E-state index >= 15 is 0 Å². The highest BCUT2D eigenvalue weighted by atomic mass is 16.5. The molecule has 1 saturated heterocycles. The van der Waals surface area contributed by atoms with Gasteiger partial charge in [0.25, 0.3) is 0 Å². The number of aliphatic hydroxyl groups is 1. The van der Waals surface area contributed by atoms with Crippen LogP contribution in [0.15, 0.2) is 48.5 Å². The summed E-state index contributed by atoms with van der Waals surface area (Å²) in [5.74, 6) is 0.648. The topological polar surface area (TPSA) is 49.8 Å². The van der Waals surface area contributed by atoms with Gasteiger partial charge in [-0.3, -0.25) is 4.79 Å². The first kappa shape index (κ1) is 20.6. The molecule has 3 rings (SSSR count). The van der Waals surface area contributed by atoms with Gasteiger partial charge in [-0.1, -0.05) is 48.4 Å². The molecule has 0 spiro atoms. The number of aliphatic hydroxyl groups excluding tert-OH is 1. The fourth-order valence-corrected chi connectivity index (χ4v) is 3.70. The molecule has 2 aromatic carbocycles. The van der Waals surface area contributed by atoms with E-state index in [1.807, 2.05) is 55.5 Å². The molecule has 0 saturated carbocycles. The molecule has 0 radical (unpaired) electrons. The molecule has 0 amide bonds. The predicted octanol–water partition coefficient (Wildman–Crippen LogP) is 4.04. The van der Waals surface area contributed by atoms with Crippen LogP contribution >= 0.6 is 0 Å². The number of benzene rings is 2. The lowest BCUT2D eigenvalue weighted by molar-refractivity contribution is 0.0611. The minimum absolute atomic E-state index is 0.0769. The average molecular weight is 382 g/mol. The Morgan fingerprint density at radius 2 is 1.86 bits per heavy atom. The van der Waals surface area contributed by atoms with E-state index in [1.54, 1.807) is 0 Å². The molecule has 0 aromatic heterocycles. The minimum Gasteiger partial charge on any atom is -0.490 e. The van der Waals surface area contributed by atoms with E-state index in [4.69, 9.17) is 4.74 Å². The lowest BCUT2D eigenvalue weighted by Crippen LogP contribution is -2.38. The Kier molecular flexibility index (Phi) is 7.63. The maximum Gasteiger partial charge on any atom is 0.166 e. The average Bonchev–Trinajstić information content (AvgIpc) is 2.72. The van der Waals surface area contributed by atoms with Crippen LogP contribution in [-0.4, -0.2) is 48.1 Å². The van der Waals surface area contributed by atoms with Crippen LogP contribution in [0.4, 0.5) is 0 Å². The van der Waals surface area contributed by atoms with Crippen molar-refractivity contribution < 1.29 is 14.6 Å². The number of hydrogen-bond donors (Lipinski definition) is 1. The second kappa shape index (κ2) is 10.4. The number of Topliss-reactive ketones (excluding diaryl/α,β-unsaturated/α-hetero) is 1. The van der Waals surface area contributed by atoms with Crippen molar-refractivity contribution in [3.8, 4) is 5.75 Å². The van der Waals surface area contributed by atoms with Crippen LogP contribution < -0.4 is 4.74 Å². The van der Waals surface area contributed by atoms with Crippen LogP contribution in [0.5, 0.6) is 5.75 Å². The first-order valence-electron chi connectivity index (χ1n) is 10.3. The number of β-amino-alcohol motifs (C(OH)–C–C–N with tert-alkyl or cyclic N) is 1. The van der Waals surface area contributed by atoms with Crippen LogP contribution in [0.25, 0.3) is 0 Å². The van der Waals surface area contributed by atoms with Crippen LogP contribution in [-0.2, 0) is 6.42 Å². The first-order chi connectivity index (χ1) is 13.6. The number of hydrogen-bond acceptors (Lipinski definition) is 4. The monoisotopic (exact) mass is 381 g/mol. The second-order valence-corrected chi connectivity index (χ2v) is 7.73. The third-order valence-corrected chi connectivity index (χ3v) is 5.27. The molecule has 28 heavy (non-hydrogen) atoms. The van der Waals surface area contributed by atoms with Crippen LogP contribution in [0.1, 0.15) is 47.2 Å². The van der Waals surface area contributed by atoms with Crippen molar-refractivity contribution in [2.45, 2.75) is 45.1 Å². The second-order valence-electron chi connectivity index (χ2n) is 7.73. The SMILES string of the molecule is Cc1ccc(OC[C@H](O)CN2CCCCC2)c(C(=O)CCc2ccccc2)c1. The molecule has 0 bridgehead atoms. The number of rotatable bonds is 9. The van der Waals surface area contributed by atoms with Crippen molar-refractivity contribution in [2.24, 2.45) is 0 Å². The number of carbonyl (C=O) groups excluding carboxylic acids is 1. The summed E-state index contributed by atoms with van der Waals surface area (Å²) < 4.78 is 5.87. The summed E-state index contributed by atoms with van der Waals surface area (Å²) >= 11 is 0. The number of piperidine rings is 1. The standard InChI is InChI=1S/C24H31NO3/c1-19-10-13-24(28-18-21(26)17-25-14-6-3-7-15-25)22(16-19)23(27)12-11-20-8-4-2-5-9-20/h2,4-5,8-10,13,16,21,26H,3,6-7,11-12,14-15,17-18H2,1H3/t21-/m1/s1. The van der Waals surface area contributed by atoms with Gasteiger partial charge < -0.3 is 14.7 Å². The zero-order chi connectivity index (χ0) is 19.8. The Labute approximate surface area is 168 Å². The lowest BCUT2D eigenvalue weighted by Gasteiger charge is -2.28. The zero-order valence-electron chi connectivity index (χ0n) is 16.8. The van der Waals surface area contributed by atoms with Gasteiger partial charge in [-0.2, -0.15) is 0 Å². The number of likely N-dealkylation sites (tertiary alicyclic amines) is 1. The first-order valence-corrected chi connectivity index (χ1v) is 10.3. The van der Waals surface area contributed by atoms with Gasteiger partial charge in [-0.25, -0.2) is 0 Å². The number of ether oxygens (including phenoxy) is 1. The quantitative estimate of drug-likeness (QED) is 0.666. The van der Waals surface area contributed by atoms with E-state index in [-0.39, 0.29) is 12.4 Å². The van der Waals surface area contributed by atoms with E-state index in [0.29, 0.717) is 30.7 Å². The summed E-state index contributed by atoms with van der Waals surface area (Å²) in [6.07, 6.45) is 4.29. The molecular weight excluding hydrogens is 350 g/mol. The Hall–Kier alpha value is -2.17. The minimum atomic E-state index is -0.549. The van der Waals surface area contributed by atoms with E-state index in [9.17, 15) is 9.90 Å². The van der Waals surface area contributed by atoms with Crippen molar-refractivity contribution in [3.05, 3.63) is 65.2 Å². The highest BCUT2D eigenvalue weighted by Crippen LogP contribution is 2.23. The maximum atomic E-state index is 12.8. The highest BCUT2D eigenvalue weighted by molar-refractivity contribution is 5.99. The van der Waals surface area contributed by atoms with Crippen LogP contribution in [0.3, 0.4) is 0 Å². The van der Waals surface area contributed by atoms with E-state index < -0.39 is 6.10 Å². The Morgan fingerprint density at radius 3 is 2.61 bits per heavy atom. The van der Waals surface area contributed by atoms with Crippen LogP contribution in [0.2, 0.25) is 0 Å². The van der Waals surface area contributed by atoms with Crippen molar-refractivity contribution in [2.75, 3.05) is 26.2 Å². The number of nitrogens with zero attached hydrogens (tertiary/aromatic N) is 1. The van der Waals surface area contributed by atoms with Crippen molar-refractivity contribution in [3.63, 3.8) is 0 Å². The summed E-state index contributed by atoms with van der Waals surface area (Å²) in [7, 11) is 0. The molecule has 4 nitrogen and oxygen atoms in total. The largest absolute Gasteiger partial charge is 0.490 e. The molecule has 1 aliphatic rings. The van der Waals surface area contributed by atoms with E-state index in [1.165, 1.54) is 19.3 Å². The molecule has 1 N–H and O–H groups in total. The molecule has 4 heteroatoms. The van der Waals surface area contributed by atoms with Crippen molar-refractivity contribution in [1.82, 2.24) is 4.90 Å². The van der Waals surface area contributed by atoms with E-state index in [0.717, 1.165) is 24.2 Å². The lowest BCUT2D eigenvalue weighted by atomic mass is 10.0. The molecule has 1 atom stereocenters. The van der Waals surface area contributed by atoms with Crippen molar-refractivity contribution >= 4 is 5.78 Å². The van der Waals surface area contributed by atoms with Gasteiger partial charge in [-0.15, -0.1) is 0 Å². The van der Waals surface area contributed by atoms with Gasteiger partial charge >= 0.3 is 0 Å². The molecule has 150 valence electrons. The summed E-state index contributed by atoms with van der Waals surface area (Å²) in [6.45, 7) is 4.90. The number of aryl methyl sites for hydroxylation is 2. The fourth-order valence-electron chi connectivity index (χ4n) is 3.70. The number of ketones is 1. The number of carbonyl (C=O) groups is 1. The predicted molar refractivity (Wildman–Crippen MR) is 112 cm³/mol. The third kappa shape index (κ3) is 6.18. The van der Waals surface area contributed by atoms with Gasteiger partial charge in [0, 0.05) is 13.0 Å². The van der Waals surface area contributed by atoms with Gasteiger partial charge in [0.1, 0.15) is 18.5 Å². The highest BCUT2D eigenvalue weighted by Gasteiger charge is 2.17. The van der Waals surface area contributed by atoms with Crippen molar-refractivity contribution in [1.29, 1.82) is 0 Å². The molecule has 0 aliphatic carbocycles. The van der Waals surface area contributed by atoms with Gasteiger partial charge in [0.15, 0.2) is 5.78 Å². The smallest absolute Gasteiger partial charge is 0.166 e. The molecule has 2 aromatic rings. The summed E-state index contributed by atoms with van der Waals surface area (Å²) in [5, 5.41) is 10.3. The maximum absolute atomic E-state index is 12.8. The molecule has 1 aliphatic heterocycles. The summed E-state index contributed by atoms with van der Waals surface area (Å²) in [5.41, 5.74) is 2.80. The Balaban J connectivity index is 1.57. The van der Waals surface area contributed by atoms with E-state index in [2.05, 4.69) is 4.90 Å². The molecule has 1 heterocycles. The third-order valence-electron chi connectivity index (χ3n) is 5.27. The Morgan fingerprint density at radius 1 is 1.11 bits per heavy atom. The summed E-state index contributed by atoms with van der Waals surface area (Å²) in [6, 6.07) is 15.7. The molecular formula is C24H31NO3. The zero-order valence-corrected chi connectivity index (χ0v) is 16.8. The Bertz CT molecular complexity index is 754. The fraction of sp³-hybridized carbons (Fsp3) is 0.458. The van der Waals surface area contributed by atoms with Gasteiger partial charge in [0.05, 0.1) is 5.56 Å². The van der Waals surface area contributed by atoms with Gasteiger partial charge in [-0.05, 0) is 57.0 Å². The molecule has 0 unspecified atom stereocenters. The normalized spacial score (nSPS) is 15.9. The van der Waals surface area contributed by atoms with Gasteiger partial charge in [0.2, 0.25) is 0 Å². The summed E-state index contributed by atoms with van der Waals surface area (Å²) in [4.78, 5) is 15.1. The van der Waals surface area contributed by atoms with Crippen LogP contribution in [0, 0.1) is 6.92 Å².